The molecule has 0 amide bonds. The monoisotopic (exact) mass is 320 g/mol. The number of aromatic nitrogens is 1. The molecule has 0 bridgehead atoms. The maximum atomic E-state index is 5.91. The van der Waals surface area contributed by atoms with Gasteiger partial charge < -0.3 is 10.3 Å². The molecule has 0 aliphatic carbocycles. The Balaban J connectivity index is 2.22. The number of halogens is 1. The molecule has 0 saturated carbocycles. The van der Waals surface area contributed by atoms with Crippen LogP contribution < -0.4 is 5.73 Å². The summed E-state index contributed by atoms with van der Waals surface area (Å²) in [6.07, 6.45) is 0. The number of rotatable bonds is 2. The number of hydrogen-bond acceptors (Lipinski definition) is 4. The summed E-state index contributed by atoms with van der Waals surface area (Å²) in [5.41, 5.74) is 7.77. The Labute approximate surface area is 116 Å². The molecule has 3 nitrogen and oxygen atoms in total. The van der Waals surface area contributed by atoms with Crippen molar-refractivity contribution in [3.8, 4) is 21.8 Å². The molecule has 5 heteroatoms. The molecule has 18 heavy (non-hydrogen) atoms. The topological polar surface area (TPSA) is 52.0 Å². The normalized spacial score (nSPS) is 10.7. The molecule has 0 radical (unpaired) electrons. The smallest absolute Gasteiger partial charge is 0.187 e. The number of nitrogens with zero attached hydrogens (tertiary/aromatic N) is 1. The predicted octanol–water partition coefficient (Wildman–Crippen LogP) is 4.41. The van der Waals surface area contributed by atoms with Crippen LogP contribution in [0.1, 0.15) is 0 Å². The van der Waals surface area contributed by atoms with Gasteiger partial charge in [0.2, 0.25) is 0 Å². The highest BCUT2D eigenvalue weighted by Gasteiger charge is 2.20. The third-order valence-corrected chi connectivity index (χ3v) is 4.44. The predicted molar refractivity (Wildman–Crippen MR) is 77.4 cm³/mol. The summed E-state index contributed by atoms with van der Waals surface area (Å²) in [6, 6.07) is 11.9. The van der Waals surface area contributed by atoms with Crippen LogP contribution in [0.4, 0.5) is 5.82 Å². The van der Waals surface area contributed by atoms with Gasteiger partial charge in [-0.2, -0.15) is 0 Å². The molecular formula is C13H9BrN2OS. The number of anilines is 1. The van der Waals surface area contributed by atoms with Crippen LogP contribution in [0, 0.1) is 0 Å². The van der Waals surface area contributed by atoms with Crippen molar-refractivity contribution < 1.29 is 4.52 Å². The second-order valence-electron chi connectivity index (χ2n) is 3.74. The zero-order chi connectivity index (χ0) is 12.5. The SMILES string of the molecule is Nc1noc(-c2sccc2Br)c1-c1ccccc1. The molecule has 0 aliphatic heterocycles. The third kappa shape index (κ3) is 1.85. The lowest BCUT2D eigenvalue weighted by atomic mass is 10.1. The zero-order valence-corrected chi connectivity index (χ0v) is 11.7. The van der Waals surface area contributed by atoms with Gasteiger partial charge in [-0.25, -0.2) is 0 Å². The van der Waals surface area contributed by atoms with E-state index in [0.29, 0.717) is 11.6 Å². The molecule has 0 spiro atoms. The fourth-order valence-corrected chi connectivity index (χ4v) is 3.33. The molecule has 2 heterocycles. The average molecular weight is 321 g/mol. The summed E-state index contributed by atoms with van der Waals surface area (Å²) in [5, 5.41) is 5.87. The van der Waals surface area contributed by atoms with Crippen LogP contribution in [0.5, 0.6) is 0 Å². The van der Waals surface area contributed by atoms with Crippen molar-refractivity contribution in [3.63, 3.8) is 0 Å². The van der Waals surface area contributed by atoms with Crippen molar-refractivity contribution >= 4 is 33.1 Å². The van der Waals surface area contributed by atoms with E-state index >= 15 is 0 Å². The highest BCUT2D eigenvalue weighted by Crippen LogP contribution is 2.41. The second kappa shape index (κ2) is 4.59. The first-order valence-electron chi connectivity index (χ1n) is 5.31. The Bertz CT molecular complexity index is 675. The highest BCUT2D eigenvalue weighted by atomic mass is 79.9. The van der Waals surface area contributed by atoms with Crippen molar-refractivity contribution in [1.29, 1.82) is 0 Å². The molecule has 0 unspecified atom stereocenters. The minimum Gasteiger partial charge on any atom is -0.380 e. The molecule has 2 N–H and O–H groups in total. The number of hydrogen-bond donors (Lipinski definition) is 1. The quantitative estimate of drug-likeness (QED) is 0.760. The first kappa shape index (κ1) is 11.5. The van der Waals surface area contributed by atoms with Crippen molar-refractivity contribution in [2.75, 3.05) is 5.73 Å². The lowest BCUT2D eigenvalue weighted by Gasteiger charge is -2.01. The van der Waals surface area contributed by atoms with Crippen LogP contribution in [0.15, 0.2) is 50.8 Å². The molecule has 3 rings (SSSR count). The molecule has 3 aromatic rings. The Morgan fingerprint density at radius 1 is 1.17 bits per heavy atom. The minimum absolute atomic E-state index is 0.413. The Morgan fingerprint density at radius 2 is 1.94 bits per heavy atom. The minimum atomic E-state index is 0.413. The first-order valence-corrected chi connectivity index (χ1v) is 6.98. The number of nitrogen functional groups attached to an aromatic ring is 1. The van der Waals surface area contributed by atoms with E-state index in [1.165, 1.54) is 0 Å². The van der Waals surface area contributed by atoms with Gasteiger partial charge in [0.05, 0.1) is 10.4 Å². The Morgan fingerprint density at radius 3 is 2.61 bits per heavy atom. The van der Waals surface area contributed by atoms with Crippen molar-refractivity contribution in [2.24, 2.45) is 0 Å². The van der Waals surface area contributed by atoms with Crippen molar-refractivity contribution in [3.05, 3.63) is 46.3 Å². The van der Waals surface area contributed by atoms with Gasteiger partial charge in [-0.15, -0.1) is 11.3 Å². The standard InChI is InChI=1S/C13H9BrN2OS/c14-9-6-7-18-12(9)11-10(13(15)16-17-11)8-4-2-1-3-5-8/h1-7H,(H2,15,16). The van der Waals surface area contributed by atoms with E-state index in [-0.39, 0.29) is 0 Å². The zero-order valence-electron chi connectivity index (χ0n) is 9.26. The molecular weight excluding hydrogens is 312 g/mol. The fourth-order valence-electron chi connectivity index (χ4n) is 1.80. The van der Waals surface area contributed by atoms with Gasteiger partial charge in [-0.1, -0.05) is 35.5 Å². The molecule has 0 atom stereocenters. The highest BCUT2D eigenvalue weighted by molar-refractivity contribution is 9.10. The number of benzene rings is 1. The summed E-state index contributed by atoms with van der Waals surface area (Å²) < 4.78 is 6.37. The van der Waals surface area contributed by atoms with E-state index in [1.807, 2.05) is 41.8 Å². The molecule has 0 saturated heterocycles. The molecule has 1 aromatic carbocycles. The van der Waals surface area contributed by atoms with Gasteiger partial charge in [0.25, 0.3) is 0 Å². The van der Waals surface area contributed by atoms with Gasteiger partial charge >= 0.3 is 0 Å². The summed E-state index contributed by atoms with van der Waals surface area (Å²) in [7, 11) is 0. The van der Waals surface area contributed by atoms with Crippen LogP contribution in [-0.2, 0) is 0 Å². The maximum absolute atomic E-state index is 5.91. The van der Waals surface area contributed by atoms with Crippen LogP contribution in [0.25, 0.3) is 21.8 Å². The largest absolute Gasteiger partial charge is 0.380 e. The molecule has 2 aromatic heterocycles. The van der Waals surface area contributed by atoms with E-state index < -0.39 is 0 Å². The van der Waals surface area contributed by atoms with E-state index in [4.69, 9.17) is 10.3 Å². The van der Waals surface area contributed by atoms with Crippen molar-refractivity contribution in [1.82, 2.24) is 5.16 Å². The van der Waals surface area contributed by atoms with Crippen molar-refractivity contribution in [2.45, 2.75) is 0 Å². The van der Waals surface area contributed by atoms with Gasteiger partial charge in [0, 0.05) is 4.47 Å². The Kier molecular flexibility index (Phi) is 2.93. The summed E-state index contributed by atoms with van der Waals surface area (Å²) in [4.78, 5) is 0.998. The van der Waals surface area contributed by atoms with E-state index in [1.54, 1.807) is 11.3 Å². The van der Waals surface area contributed by atoms with Crippen LogP contribution in [0.2, 0.25) is 0 Å². The summed E-state index contributed by atoms with van der Waals surface area (Å²) in [5.74, 6) is 1.12. The average Bonchev–Trinajstić information content (AvgIpc) is 2.96. The van der Waals surface area contributed by atoms with Crippen LogP contribution in [0.3, 0.4) is 0 Å². The number of thiophene rings is 1. The lowest BCUT2D eigenvalue weighted by Crippen LogP contribution is -1.88. The lowest BCUT2D eigenvalue weighted by molar-refractivity contribution is 0.437. The third-order valence-electron chi connectivity index (χ3n) is 2.60. The van der Waals surface area contributed by atoms with Gasteiger partial charge in [-0.3, -0.25) is 0 Å². The van der Waals surface area contributed by atoms with Gasteiger partial charge in [0.15, 0.2) is 11.6 Å². The van der Waals surface area contributed by atoms with E-state index in [2.05, 4.69) is 21.1 Å². The fraction of sp³-hybridized carbons (Fsp3) is 0. The summed E-state index contributed by atoms with van der Waals surface area (Å²) in [6.45, 7) is 0. The van der Waals surface area contributed by atoms with E-state index in [0.717, 1.165) is 20.5 Å². The van der Waals surface area contributed by atoms with Gasteiger partial charge in [-0.05, 0) is 32.9 Å². The second-order valence-corrected chi connectivity index (χ2v) is 5.51. The molecule has 90 valence electrons. The summed E-state index contributed by atoms with van der Waals surface area (Å²) >= 11 is 5.09. The molecule has 0 aliphatic rings. The van der Waals surface area contributed by atoms with Crippen LogP contribution in [-0.4, -0.2) is 5.16 Å². The Hall–Kier alpha value is -1.59. The number of nitrogens with two attached hydrogens (primary N) is 1. The van der Waals surface area contributed by atoms with Crippen LogP contribution >= 0.6 is 27.3 Å². The first-order chi connectivity index (χ1) is 8.77. The van der Waals surface area contributed by atoms with Gasteiger partial charge in [0.1, 0.15) is 0 Å². The molecule has 0 fully saturated rings. The maximum Gasteiger partial charge on any atom is 0.187 e. The van der Waals surface area contributed by atoms with E-state index in [9.17, 15) is 0 Å².